The van der Waals surface area contributed by atoms with E-state index >= 15 is 0 Å². The molecule has 0 spiro atoms. The van der Waals surface area contributed by atoms with Gasteiger partial charge in [0.2, 0.25) is 0 Å². The zero-order valence-electron chi connectivity index (χ0n) is 22.2. The van der Waals surface area contributed by atoms with Crippen molar-refractivity contribution in [3.8, 4) is 16.9 Å². The van der Waals surface area contributed by atoms with Crippen LogP contribution in [0.4, 0.5) is 4.39 Å². The van der Waals surface area contributed by atoms with Gasteiger partial charge < -0.3 is 4.90 Å². The Balaban J connectivity index is 1.14. The van der Waals surface area contributed by atoms with Crippen molar-refractivity contribution in [2.75, 3.05) is 6.54 Å². The fourth-order valence-corrected chi connectivity index (χ4v) is 5.89. The van der Waals surface area contributed by atoms with Gasteiger partial charge >= 0.3 is 0 Å². The largest absolute Gasteiger partial charge is 0.330 e. The van der Waals surface area contributed by atoms with Gasteiger partial charge in [-0.1, -0.05) is 27.2 Å². The molecule has 0 saturated carbocycles. The van der Waals surface area contributed by atoms with Gasteiger partial charge in [-0.15, -0.1) is 5.10 Å². The van der Waals surface area contributed by atoms with Crippen molar-refractivity contribution in [2.24, 2.45) is 0 Å². The lowest BCUT2D eigenvalue weighted by Gasteiger charge is -2.28. The summed E-state index contributed by atoms with van der Waals surface area (Å²) in [5.74, 6) is -0.498. The van der Waals surface area contributed by atoms with Gasteiger partial charge in [-0.2, -0.15) is 15.3 Å². The van der Waals surface area contributed by atoms with Crippen LogP contribution in [0.3, 0.4) is 0 Å². The molecule has 41 heavy (non-hydrogen) atoms. The molecule has 1 atom stereocenters. The van der Waals surface area contributed by atoms with E-state index in [2.05, 4.69) is 46.6 Å². The van der Waals surface area contributed by atoms with Crippen LogP contribution in [0.25, 0.3) is 27.8 Å². The summed E-state index contributed by atoms with van der Waals surface area (Å²) >= 11 is 3.53. The first-order chi connectivity index (χ1) is 19.9. The molecule has 1 amide bonds. The third-order valence-corrected chi connectivity index (χ3v) is 8.03. The monoisotopic (exact) mass is 614 g/mol. The van der Waals surface area contributed by atoms with Gasteiger partial charge in [-0.3, -0.25) is 14.6 Å². The fraction of sp³-hybridized carbons (Fsp3) is 0.214. The Morgan fingerprint density at radius 1 is 1.17 bits per heavy atom. The van der Waals surface area contributed by atoms with Crippen molar-refractivity contribution in [1.82, 2.24) is 49.7 Å². The van der Waals surface area contributed by atoms with Gasteiger partial charge in [0.15, 0.2) is 0 Å². The van der Waals surface area contributed by atoms with Crippen molar-refractivity contribution in [3.05, 3.63) is 94.0 Å². The highest BCUT2D eigenvalue weighted by Gasteiger charge is 2.28. The number of rotatable bonds is 5. The molecule has 2 aromatic carbocycles. The van der Waals surface area contributed by atoms with Crippen LogP contribution in [0.1, 0.15) is 40.3 Å². The average molecular weight is 615 g/mol. The number of aromatic amines is 1. The number of amides is 1. The number of aromatic nitrogens is 9. The van der Waals surface area contributed by atoms with Crippen molar-refractivity contribution in [1.29, 1.82) is 0 Å². The van der Waals surface area contributed by atoms with Gasteiger partial charge in [-0.05, 0) is 55.3 Å². The maximum absolute atomic E-state index is 14.9. The predicted octanol–water partition coefficient (Wildman–Crippen LogP) is 4.68. The van der Waals surface area contributed by atoms with E-state index in [1.807, 2.05) is 42.9 Å². The van der Waals surface area contributed by atoms with E-state index in [4.69, 9.17) is 0 Å². The number of hydrogen-bond acceptors (Lipinski definition) is 6. The zero-order valence-corrected chi connectivity index (χ0v) is 23.7. The molecule has 1 aliphatic rings. The van der Waals surface area contributed by atoms with Crippen molar-refractivity contribution < 1.29 is 9.18 Å². The van der Waals surface area contributed by atoms with Gasteiger partial charge in [0.1, 0.15) is 22.9 Å². The van der Waals surface area contributed by atoms with Crippen LogP contribution >= 0.6 is 15.9 Å². The van der Waals surface area contributed by atoms with Gasteiger partial charge in [0, 0.05) is 34.4 Å². The van der Waals surface area contributed by atoms with Crippen LogP contribution in [0.2, 0.25) is 0 Å². The maximum Gasteiger partial charge on any atom is 0.272 e. The minimum Gasteiger partial charge on any atom is -0.330 e. The number of carbonyl (C=O) groups excluding carboxylic acids is 1. The molecule has 0 aliphatic carbocycles. The molecule has 13 heteroatoms. The normalized spacial score (nSPS) is 14.0. The second-order valence-corrected chi connectivity index (χ2v) is 11.0. The Morgan fingerprint density at radius 2 is 2.05 bits per heavy atom. The lowest BCUT2D eigenvalue weighted by molar-refractivity contribution is 0.0702. The average Bonchev–Trinajstić information content (AvgIpc) is 3.77. The summed E-state index contributed by atoms with van der Waals surface area (Å²) in [6.07, 6.45) is 6.89. The van der Waals surface area contributed by atoms with Crippen LogP contribution < -0.4 is 0 Å². The summed E-state index contributed by atoms with van der Waals surface area (Å²) in [6, 6.07) is 10.4. The molecule has 206 valence electrons. The molecule has 5 heterocycles. The number of carbonyl (C=O) groups is 1. The highest BCUT2D eigenvalue weighted by Crippen LogP contribution is 2.30. The quantitative estimate of drug-likeness (QED) is 0.301. The van der Waals surface area contributed by atoms with Crippen LogP contribution in [-0.2, 0) is 13.1 Å². The molecule has 7 rings (SSSR count). The van der Waals surface area contributed by atoms with E-state index in [1.165, 1.54) is 10.7 Å². The minimum atomic E-state index is -0.374. The van der Waals surface area contributed by atoms with Crippen molar-refractivity contribution in [2.45, 2.75) is 33.0 Å². The summed E-state index contributed by atoms with van der Waals surface area (Å²) < 4.78 is 20.9. The zero-order chi connectivity index (χ0) is 28.2. The Bertz CT molecular complexity index is 1920. The molecule has 1 N–H and O–H groups in total. The molecule has 1 aliphatic heterocycles. The number of H-pyrrole nitrogens is 1. The molecule has 0 bridgehead atoms. The first-order valence-electron chi connectivity index (χ1n) is 13.1. The standard InChI is InChI=1S/C28H24BrFN10O/c1-16-10-19(29)12-20-26(16)34-35-27(20)28(41)37-8-9-39-25(15-37)21(13-32-39)23-14-40(36-33-23)17(2)18-4-5-24(22(30)11-18)38-7-3-6-31-38/h3-7,10-14,17H,8-9,15H2,1-2H3,(H,34,35)/t17-/m1/s1. The molecular weight excluding hydrogens is 591 g/mol. The number of benzene rings is 2. The van der Waals surface area contributed by atoms with E-state index in [1.54, 1.807) is 40.3 Å². The van der Waals surface area contributed by atoms with Crippen LogP contribution in [0.5, 0.6) is 0 Å². The SMILES string of the molecule is Cc1cc(Br)cc2c(C(=O)N3CCn4ncc(-c5cn([C@H](C)c6ccc(-n7cccn7)c(F)c6)nn5)c4C3)[nH]nc12. The Labute approximate surface area is 241 Å². The summed E-state index contributed by atoms with van der Waals surface area (Å²) in [7, 11) is 0. The van der Waals surface area contributed by atoms with Crippen LogP contribution in [-0.4, -0.2) is 62.1 Å². The molecule has 6 aromatic rings. The van der Waals surface area contributed by atoms with E-state index in [0.717, 1.165) is 37.8 Å². The smallest absolute Gasteiger partial charge is 0.272 e. The summed E-state index contributed by atoms with van der Waals surface area (Å²) in [6.45, 7) is 5.34. The first kappa shape index (κ1) is 25.3. The van der Waals surface area contributed by atoms with E-state index in [0.29, 0.717) is 36.7 Å². The number of fused-ring (bicyclic) bond motifs is 2. The maximum atomic E-state index is 14.9. The molecule has 0 saturated heterocycles. The Kier molecular flexibility index (Phi) is 6.03. The molecule has 11 nitrogen and oxygen atoms in total. The third-order valence-electron chi connectivity index (χ3n) is 7.57. The highest BCUT2D eigenvalue weighted by atomic mass is 79.9. The number of nitrogens with one attached hydrogen (secondary N) is 1. The molecule has 4 aromatic heterocycles. The lowest BCUT2D eigenvalue weighted by atomic mass is 10.1. The number of aryl methyl sites for hydroxylation is 1. The molecular formula is C28H24BrFN10O. The van der Waals surface area contributed by atoms with Gasteiger partial charge in [-0.25, -0.2) is 13.8 Å². The van der Waals surface area contributed by atoms with Crippen LogP contribution in [0.15, 0.2) is 65.7 Å². The number of hydrogen-bond donors (Lipinski definition) is 1. The minimum absolute atomic E-state index is 0.124. The fourth-order valence-electron chi connectivity index (χ4n) is 5.32. The number of halogens is 2. The van der Waals surface area contributed by atoms with Gasteiger partial charge in [0.25, 0.3) is 5.91 Å². The number of nitrogens with zero attached hydrogens (tertiary/aromatic N) is 9. The molecule has 0 unspecified atom stereocenters. The van der Waals surface area contributed by atoms with Crippen LogP contribution in [0, 0.1) is 12.7 Å². The first-order valence-corrected chi connectivity index (χ1v) is 13.9. The second-order valence-electron chi connectivity index (χ2n) is 10.1. The van der Waals surface area contributed by atoms with E-state index < -0.39 is 0 Å². The Morgan fingerprint density at radius 3 is 2.85 bits per heavy atom. The van der Waals surface area contributed by atoms with E-state index in [9.17, 15) is 9.18 Å². The summed E-state index contributed by atoms with van der Waals surface area (Å²) in [5.41, 5.74) is 5.66. The highest BCUT2D eigenvalue weighted by molar-refractivity contribution is 9.10. The summed E-state index contributed by atoms with van der Waals surface area (Å²) in [5, 5.41) is 25.5. The third kappa shape index (κ3) is 4.32. The van der Waals surface area contributed by atoms with Gasteiger partial charge in [0.05, 0.1) is 42.7 Å². The van der Waals surface area contributed by atoms with Crippen molar-refractivity contribution in [3.63, 3.8) is 0 Å². The lowest BCUT2D eigenvalue weighted by Crippen LogP contribution is -2.38. The summed E-state index contributed by atoms with van der Waals surface area (Å²) in [4.78, 5) is 15.4. The second kappa shape index (κ2) is 9.77. The molecule has 0 radical (unpaired) electrons. The topological polar surface area (TPSA) is 115 Å². The van der Waals surface area contributed by atoms with Crippen molar-refractivity contribution >= 4 is 32.7 Å². The Hall–Kier alpha value is -4.65. The molecule has 0 fully saturated rings. The van der Waals surface area contributed by atoms with E-state index in [-0.39, 0.29) is 17.8 Å². The predicted molar refractivity (Wildman–Crippen MR) is 152 cm³/mol.